The lowest BCUT2D eigenvalue weighted by atomic mass is 10.1. The van der Waals surface area contributed by atoms with Crippen molar-refractivity contribution >= 4 is 11.6 Å². The Morgan fingerprint density at radius 1 is 0.840 bits per heavy atom. The maximum absolute atomic E-state index is 12.8. The normalized spacial score (nSPS) is 10.3. The van der Waals surface area contributed by atoms with E-state index in [9.17, 15) is 4.79 Å². The molecule has 0 aromatic heterocycles. The van der Waals surface area contributed by atoms with E-state index < -0.39 is 0 Å². The second-order valence-electron chi connectivity index (χ2n) is 5.99. The first-order valence-electron chi connectivity index (χ1n) is 8.28. The van der Waals surface area contributed by atoms with Gasteiger partial charge in [0.15, 0.2) is 0 Å². The monoisotopic (exact) mass is 331 g/mol. The highest BCUT2D eigenvalue weighted by atomic mass is 16.5. The summed E-state index contributed by atoms with van der Waals surface area (Å²) in [6.45, 7) is 4.40. The van der Waals surface area contributed by atoms with Gasteiger partial charge in [-0.3, -0.25) is 4.79 Å². The van der Waals surface area contributed by atoms with Gasteiger partial charge in [-0.05, 0) is 42.7 Å². The van der Waals surface area contributed by atoms with Crippen LogP contribution in [-0.4, -0.2) is 5.91 Å². The molecule has 0 spiro atoms. The maximum atomic E-state index is 12.8. The van der Waals surface area contributed by atoms with Gasteiger partial charge in [-0.2, -0.15) is 0 Å². The van der Waals surface area contributed by atoms with Gasteiger partial charge >= 0.3 is 0 Å². The molecule has 1 N–H and O–H groups in total. The van der Waals surface area contributed by atoms with Crippen molar-refractivity contribution in [3.63, 3.8) is 0 Å². The van der Waals surface area contributed by atoms with E-state index >= 15 is 0 Å². The predicted octanol–water partition coefficient (Wildman–Crippen LogP) is 5.13. The molecule has 0 bridgehead atoms. The van der Waals surface area contributed by atoms with Crippen molar-refractivity contribution in [2.45, 2.75) is 20.5 Å². The van der Waals surface area contributed by atoms with Gasteiger partial charge < -0.3 is 10.1 Å². The molecule has 3 heteroatoms. The number of benzene rings is 3. The largest absolute Gasteiger partial charge is 0.488 e. The quantitative estimate of drug-likeness (QED) is 0.703. The number of carbonyl (C=O) groups excluding carboxylic acids is 1. The Hall–Kier alpha value is -3.07. The molecule has 0 aliphatic rings. The first-order valence-corrected chi connectivity index (χ1v) is 8.28. The fraction of sp³-hybridized carbons (Fsp3) is 0.136. The van der Waals surface area contributed by atoms with Gasteiger partial charge in [0.2, 0.25) is 0 Å². The molecule has 3 aromatic carbocycles. The van der Waals surface area contributed by atoms with Gasteiger partial charge in [-0.25, -0.2) is 0 Å². The van der Waals surface area contributed by atoms with Crippen molar-refractivity contribution in [3.05, 3.63) is 95.1 Å². The fourth-order valence-electron chi connectivity index (χ4n) is 2.71. The molecule has 0 unspecified atom stereocenters. The lowest BCUT2D eigenvalue weighted by Gasteiger charge is -2.14. The summed E-state index contributed by atoms with van der Waals surface area (Å²) in [6.07, 6.45) is 0. The maximum Gasteiger partial charge on any atom is 0.259 e. The highest BCUT2D eigenvalue weighted by molar-refractivity contribution is 6.06. The first-order chi connectivity index (χ1) is 12.1. The Labute approximate surface area is 148 Å². The summed E-state index contributed by atoms with van der Waals surface area (Å²) in [5.74, 6) is 0.413. The third-order valence-electron chi connectivity index (χ3n) is 4.09. The third kappa shape index (κ3) is 4.07. The average Bonchev–Trinajstić information content (AvgIpc) is 2.64. The van der Waals surface area contributed by atoms with Crippen molar-refractivity contribution in [2.75, 3.05) is 5.32 Å². The molecule has 0 aliphatic carbocycles. The highest BCUT2D eigenvalue weighted by Gasteiger charge is 2.14. The highest BCUT2D eigenvalue weighted by Crippen LogP contribution is 2.24. The molecular weight excluding hydrogens is 310 g/mol. The van der Waals surface area contributed by atoms with E-state index in [4.69, 9.17) is 4.74 Å². The molecule has 25 heavy (non-hydrogen) atoms. The molecule has 0 atom stereocenters. The van der Waals surface area contributed by atoms with E-state index in [-0.39, 0.29) is 5.91 Å². The van der Waals surface area contributed by atoms with Gasteiger partial charge in [0, 0.05) is 5.69 Å². The molecule has 0 saturated heterocycles. The molecule has 0 aliphatic heterocycles. The zero-order chi connectivity index (χ0) is 17.6. The van der Waals surface area contributed by atoms with Crippen LogP contribution in [0.2, 0.25) is 0 Å². The number of amides is 1. The van der Waals surface area contributed by atoms with Crippen LogP contribution in [0.5, 0.6) is 5.75 Å². The van der Waals surface area contributed by atoms with Crippen LogP contribution in [0.4, 0.5) is 5.69 Å². The number of hydrogen-bond acceptors (Lipinski definition) is 2. The van der Waals surface area contributed by atoms with Crippen LogP contribution >= 0.6 is 0 Å². The summed E-state index contributed by atoms with van der Waals surface area (Å²) in [6, 6.07) is 23.2. The van der Waals surface area contributed by atoms with E-state index in [1.807, 2.05) is 80.6 Å². The lowest BCUT2D eigenvalue weighted by molar-refractivity contribution is 0.102. The molecule has 126 valence electrons. The number of para-hydroxylation sites is 2. The summed E-state index contributed by atoms with van der Waals surface area (Å²) in [7, 11) is 0. The van der Waals surface area contributed by atoms with Crippen LogP contribution in [-0.2, 0) is 6.61 Å². The SMILES string of the molecule is Cc1cccc(C)c1NC(=O)c1ccccc1OCc1ccccc1. The average molecular weight is 331 g/mol. The van der Waals surface area contributed by atoms with E-state index in [2.05, 4.69) is 5.32 Å². The van der Waals surface area contributed by atoms with Crippen molar-refractivity contribution in [1.82, 2.24) is 0 Å². The summed E-state index contributed by atoms with van der Waals surface area (Å²) in [5.41, 5.74) is 4.52. The number of hydrogen-bond donors (Lipinski definition) is 1. The molecule has 0 heterocycles. The Balaban J connectivity index is 1.79. The van der Waals surface area contributed by atoms with Gasteiger partial charge in [0.1, 0.15) is 12.4 Å². The van der Waals surface area contributed by atoms with Crippen LogP contribution in [0.3, 0.4) is 0 Å². The lowest BCUT2D eigenvalue weighted by Crippen LogP contribution is -2.15. The van der Waals surface area contributed by atoms with Gasteiger partial charge in [-0.15, -0.1) is 0 Å². The van der Waals surface area contributed by atoms with Crippen LogP contribution in [0.15, 0.2) is 72.8 Å². The summed E-state index contributed by atoms with van der Waals surface area (Å²) in [5, 5.41) is 3.01. The third-order valence-corrected chi connectivity index (χ3v) is 4.09. The minimum Gasteiger partial charge on any atom is -0.488 e. The van der Waals surface area contributed by atoms with Crippen molar-refractivity contribution in [3.8, 4) is 5.75 Å². The molecule has 0 fully saturated rings. The first kappa shape index (κ1) is 16.8. The molecular formula is C22H21NO2. The minimum absolute atomic E-state index is 0.166. The molecule has 3 aromatic rings. The molecule has 3 rings (SSSR count). The number of carbonyl (C=O) groups is 1. The summed E-state index contributed by atoms with van der Waals surface area (Å²) in [4.78, 5) is 12.8. The fourth-order valence-corrected chi connectivity index (χ4v) is 2.71. The van der Waals surface area contributed by atoms with Crippen LogP contribution < -0.4 is 10.1 Å². The van der Waals surface area contributed by atoms with Gasteiger partial charge in [0.25, 0.3) is 5.91 Å². The number of ether oxygens (including phenoxy) is 1. The Morgan fingerprint density at radius 3 is 2.20 bits per heavy atom. The van der Waals surface area contributed by atoms with E-state index in [1.54, 1.807) is 6.07 Å². The van der Waals surface area contributed by atoms with E-state index in [1.165, 1.54) is 0 Å². The Morgan fingerprint density at radius 2 is 1.48 bits per heavy atom. The second-order valence-corrected chi connectivity index (χ2v) is 5.99. The zero-order valence-electron chi connectivity index (χ0n) is 14.5. The van der Waals surface area contributed by atoms with Crippen LogP contribution in [0.25, 0.3) is 0 Å². The van der Waals surface area contributed by atoms with Crippen molar-refractivity contribution < 1.29 is 9.53 Å². The molecule has 0 radical (unpaired) electrons. The topological polar surface area (TPSA) is 38.3 Å². The zero-order valence-corrected chi connectivity index (χ0v) is 14.5. The van der Waals surface area contributed by atoms with Gasteiger partial charge in [0.05, 0.1) is 5.56 Å². The summed E-state index contributed by atoms with van der Waals surface area (Å²) >= 11 is 0. The standard InChI is InChI=1S/C22H21NO2/c1-16-9-8-10-17(2)21(16)23-22(24)19-13-6-7-14-20(19)25-15-18-11-4-3-5-12-18/h3-14H,15H2,1-2H3,(H,23,24). The number of aryl methyl sites for hydroxylation is 2. The smallest absolute Gasteiger partial charge is 0.259 e. The minimum atomic E-state index is -0.166. The van der Waals surface area contributed by atoms with Crippen LogP contribution in [0.1, 0.15) is 27.0 Å². The summed E-state index contributed by atoms with van der Waals surface area (Å²) < 4.78 is 5.88. The molecule has 0 saturated carbocycles. The van der Waals surface area contributed by atoms with Crippen LogP contribution in [0, 0.1) is 13.8 Å². The molecule has 1 amide bonds. The van der Waals surface area contributed by atoms with Gasteiger partial charge in [-0.1, -0.05) is 60.7 Å². The van der Waals surface area contributed by atoms with E-state index in [0.717, 1.165) is 22.4 Å². The Bertz CT molecular complexity index is 852. The second kappa shape index (κ2) is 7.67. The molecule has 3 nitrogen and oxygen atoms in total. The van der Waals surface area contributed by atoms with Crippen molar-refractivity contribution in [1.29, 1.82) is 0 Å². The van der Waals surface area contributed by atoms with Crippen molar-refractivity contribution in [2.24, 2.45) is 0 Å². The Kier molecular flexibility index (Phi) is 5.14. The number of rotatable bonds is 5. The predicted molar refractivity (Wildman–Crippen MR) is 101 cm³/mol. The van der Waals surface area contributed by atoms with E-state index in [0.29, 0.717) is 17.9 Å². The number of anilines is 1. The number of nitrogens with one attached hydrogen (secondary N) is 1.